The molecule has 0 aliphatic carbocycles. The lowest BCUT2D eigenvalue weighted by atomic mass is 10.2. The maximum absolute atomic E-state index is 4.65. The molecule has 0 amide bonds. The van der Waals surface area contributed by atoms with E-state index < -0.39 is 0 Å². The van der Waals surface area contributed by atoms with Crippen LogP contribution in [0.2, 0.25) is 0 Å². The number of nitrogens with zero attached hydrogens (tertiary/aromatic N) is 2. The second-order valence-corrected chi connectivity index (χ2v) is 6.52. The van der Waals surface area contributed by atoms with Gasteiger partial charge >= 0.3 is 0 Å². The Morgan fingerprint density at radius 1 is 0.952 bits per heavy atom. The molecule has 0 atom stereocenters. The van der Waals surface area contributed by atoms with Gasteiger partial charge in [0.2, 0.25) is 0 Å². The molecule has 4 aromatic rings. The Kier molecular flexibility index (Phi) is 2.11. The number of fused-ring (bicyclic) bond motifs is 5. The van der Waals surface area contributed by atoms with Crippen LogP contribution in [-0.4, -0.2) is 9.55 Å². The van der Waals surface area contributed by atoms with E-state index >= 15 is 0 Å². The minimum Gasteiger partial charge on any atom is -0.292 e. The van der Waals surface area contributed by atoms with Crippen molar-refractivity contribution in [1.82, 2.24) is 9.55 Å². The molecule has 0 N–H and O–H groups in total. The molecule has 21 heavy (non-hydrogen) atoms. The van der Waals surface area contributed by atoms with Crippen molar-refractivity contribution in [3.63, 3.8) is 0 Å². The van der Waals surface area contributed by atoms with E-state index in [-0.39, 0.29) is 0 Å². The monoisotopic (exact) mass is 288 g/mol. The zero-order chi connectivity index (χ0) is 14.0. The van der Waals surface area contributed by atoms with E-state index in [1.54, 1.807) is 0 Å². The first-order valence-electron chi connectivity index (χ1n) is 7.00. The first kappa shape index (κ1) is 11.4. The Labute approximate surface area is 126 Å². The molecule has 5 rings (SSSR count). The number of para-hydroxylation sites is 1. The van der Waals surface area contributed by atoms with Crippen LogP contribution in [0.25, 0.3) is 27.6 Å². The number of pyridine rings is 1. The third-order valence-corrected chi connectivity index (χ3v) is 5.20. The van der Waals surface area contributed by atoms with Crippen LogP contribution >= 0.6 is 11.8 Å². The highest BCUT2D eigenvalue weighted by Crippen LogP contribution is 2.46. The second-order valence-electron chi connectivity index (χ2n) is 5.44. The van der Waals surface area contributed by atoms with E-state index in [9.17, 15) is 0 Å². The van der Waals surface area contributed by atoms with Crippen LogP contribution in [-0.2, 0) is 0 Å². The van der Waals surface area contributed by atoms with Crippen molar-refractivity contribution in [2.45, 2.75) is 16.7 Å². The number of hydrogen-bond acceptors (Lipinski definition) is 2. The van der Waals surface area contributed by atoms with Gasteiger partial charge in [0.05, 0.1) is 11.2 Å². The summed E-state index contributed by atoms with van der Waals surface area (Å²) in [6, 6.07) is 17.4. The summed E-state index contributed by atoms with van der Waals surface area (Å²) in [4.78, 5) is 7.25. The average molecular weight is 288 g/mol. The van der Waals surface area contributed by atoms with Gasteiger partial charge in [-0.05, 0) is 42.8 Å². The number of rotatable bonds is 0. The Morgan fingerprint density at radius 2 is 1.86 bits per heavy atom. The Hall–Kier alpha value is -2.26. The molecule has 0 radical (unpaired) electrons. The summed E-state index contributed by atoms with van der Waals surface area (Å²) in [5.41, 5.74) is 4.86. The normalized spacial score (nSPS) is 12.8. The molecule has 0 unspecified atom stereocenters. The van der Waals surface area contributed by atoms with Crippen molar-refractivity contribution in [2.75, 3.05) is 0 Å². The van der Waals surface area contributed by atoms with Crippen molar-refractivity contribution < 1.29 is 0 Å². The van der Waals surface area contributed by atoms with Crippen LogP contribution < -0.4 is 0 Å². The number of aryl methyl sites for hydroxylation is 1. The highest BCUT2D eigenvalue weighted by Gasteiger charge is 2.22. The van der Waals surface area contributed by atoms with Crippen molar-refractivity contribution >= 4 is 33.7 Å². The number of aromatic nitrogens is 2. The van der Waals surface area contributed by atoms with Gasteiger partial charge < -0.3 is 0 Å². The smallest absolute Gasteiger partial charge is 0.145 e. The minimum atomic E-state index is 1.05. The van der Waals surface area contributed by atoms with Crippen LogP contribution in [0.15, 0.2) is 64.5 Å². The summed E-state index contributed by atoms with van der Waals surface area (Å²) in [7, 11) is 0. The van der Waals surface area contributed by atoms with Gasteiger partial charge in [0.15, 0.2) is 0 Å². The lowest BCUT2D eigenvalue weighted by Gasteiger charge is -2.19. The fraction of sp³-hybridized carbons (Fsp3) is 0.0556. The molecule has 0 fully saturated rings. The van der Waals surface area contributed by atoms with Crippen LogP contribution in [0.4, 0.5) is 0 Å². The zero-order valence-electron chi connectivity index (χ0n) is 11.5. The lowest BCUT2D eigenvalue weighted by molar-refractivity contribution is 1.06. The Morgan fingerprint density at radius 3 is 2.81 bits per heavy atom. The molecule has 0 spiro atoms. The Bertz CT molecular complexity index is 1030. The van der Waals surface area contributed by atoms with Gasteiger partial charge in [-0.3, -0.25) is 4.57 Å². The molecule has 2 aromatic carbocycles. The summed E-state index contributed by atoms with van der Waals surface area (Å²) >= 11 is 1.85. The third-order valence-electron chi connectivity index (χ3n) is 4.09. The van der Waals surface area contributed by atoms with Crippen molar-refractivity contribution in [3.8, 4) is 5.69 Å². The molecule has 3 heteroatoms. The van der Waals surface area contributed by atoms with Crippen molar-refractivity contribution in [2.24, 2.45) is 0 Å². The van der Waals surface area contributed by atoms with Crippen LogP contribution in [0.5, 0.6) is 0 Å². The molecular formula is C18H12N2S. The lowest BCUT2D eigenvalue weighted by Crippen LogP contribution is -2.02. The van der Waals surface area contributed by atoms with E-state index in [0.29, 0.717) is 0 Å². The van der Waals surface area contributed by atoms with Gasteiger partial charge in [-0.1, -0.05) is 30.0 Å². The molecule has 1 aliphatic rings. The topological polar surface area (TPSA) is 17.8 Å². The van der Waals surface area contributed by atoms with Crippen LogP contribution in [0.3, 0.4) is 0 Å². The standard InChI is InChI=1S/C18H12N2S/c1-11-7-8-15-14(10-11)20-17-12(4-2-6-16(17)21-15)13-5-3-9-19-18(13)20/h2-10H,1H3. The van der Waals surface area contributed by atoms with E-state index in [1.165, 1.54) is 37.3 Å². The highest BCUT2D eigenvalue weighted by molar-refractivity contribution is 7.99. The fourth-order valence-corrected chi connectivity index (χ4v) is 4.26. The predicted molar refractivity (Wildman–Crippen MR) is 87.4 cm³/mol. The maximum atomic E-state index is 4.65. The van der Waals surface area contributed by atoms with Gasteiger partial charge in [-0.2, -0.15) is 0 Å². The zero-order valence-corrected chi connectivity index (χ0v) is 12.3. The van der Waals surface area contributed by atoms with Crippen molar-refractivity contribution in [1.29, 1.82) is 0 Å². The fourth-order valence-electron chi connectivity index (χ4n) is 3.19. The van der Waals surface area contributed by atoms with Gasteiger partial charge in [0.25, 0.3) is 0 Å². The molecule has 2 nitrogen and oxygen atoms in total. The minimum absolute atomic E-state index is 1.05. The molecule has 1 aliphatic heterocycles. The van der Waals surface area contributed by atoms with Gasteiger partial charge in [-0.15, -0.1) is 0 Å². The number of benzene rings is 2. The summed E-state index contributed by atoms with van der Waals surface area (Å²) in [6.45, 7) is 2.14. The molecule has 0 bridgehead atoms. The van der Waals surface area contributed by atoms with Crippen LogP contribution in [0.1, 0.15) is 5.56 Å². The molecular weight excluding hydrogens is 276 g/mol. The van der Waals surface area contributed by atoms with E-state index in [4.69, 9.17) is 0 Å². The molecule has 100 valence electrons. The van der Waals surface area contributed by atoms with E-state index in [0.717, 1.165) is 5.65 Å². The average Bonchev–Trinajstić information content (AvgIpc) is 2.85. The van der Waals surface area contributed by atoms with Gasteiger partial charge in [0, 0.05) is 26.8 Å². The summed E-state index contributed by atoms with van der Waals surface area (Å²) < 4.78 is 2.32. The van der Waals surface area contributed by atoms with Gasteiger partial charge in [0.1, 0.15) is 5.65 Å². The summed E-state index contributed by atoms with van der Waals surface area (Å²) in [5.74, 6) is 0. The largest absolute Gasteiger partial charge is 0.292 e. The SMILES string of the molecule is Cc1ccc2c(c1)-n1c3ncccc3c3cccc(c31)S2. The maximum Gasteiger partial charge on any atom is 0.145 e. The first-order chi connectivity index (χ1) is 10.3. The number of hydrogen-bond donors (Lipinski definition) is 0. The van der Waals surface area contributed by atoms with E-state index in [1.807, 2.05) is 24.0 Å². The Balaban J connectivity index is 2.09. The summed E-state index contributed by atoms with van der Waals surface area (Å²) in [6.07, 6.45) is 1.88. The third kappa shape index (κ3) is 1.41. The van der Waals surface area contributed by atoms with Gasteiger partial charge in [-0.25, -0.2) is 4.98 Å². The highest BCUT2D eigenvalue weighted by atomic mass is 32.2. The quantitative estimate of drug-likeness (QED) is 0.401. The molecule has 3 heterocycles. The second kappa shape index (κ2) is 3.89. The molecule has 0 saturated carbocycles. The first-order valence-corrected chi connectivity index (χ1v) is 7.81. The molecule has 2 aromatic heterocycles. The van der Waals surface area contributed by atoms with E-state index in [2.05, 4.69) is 58.9 Å². The predicted octanol–water partition coefficient (Wildman–Crippen LogP) is 4.95. The molecule has 0 saturated heterocycles. The van der Waals surface area contributed by atoms with Crippen molar-refractivity contribution in [3.05, 3.63) is 60.3 Å². The summed E-state index contributed by atoms with van der Waals surface area (Å²) in [5, 5.41) is 2.51. The van der Waals surface area contributed by atoms with Crippen LogP contribution in [0, 0.1) is 6.92 Å².